The van der Waals surface area contributed by atoms with Crippen molar-refractivity contribution in [1.82, 2.24) is 5.32 Å². The number of ether oxygens (including phenoxy) is 1. The lowest BCUT2D eigenvalue weighted by molar-refractivity contribution is -0.143. The largest absolute Gasteiger partial charge is 0.466 e. The lowest BCUT2D eigenvalue weighted by atomic mass is 10.0. The van der Waals surface area contributed by atoms with Crippen LogP contribution in [-0.2, 0) is 14.3 Å². The quantitative estimate of drug-likeness (QED) is 0.0323. The van der Waals surface area contributed by atoms with Crippen LogP contribution in [-0.4, -0.2) is 47.4 Å². The van der Waals surface area contributed by atoms with Crippen molar-refractivity contribution < 1.29 is 24.5 Å². The van der Waals surface area contributed by atoms with Crippen LogP contribution in [0.3, 0.4) is 0 Å². The average molecular weight is 816 g/mol. The van der Waals surface area contributed by atoms with Gasteiger partial charge in [-0.25, -0.2) is 0 Å². The van der Waals surface area contributed by atoms with Crippen molar-refractivity contribution >= 4 is 11.9 Å². The fourth-order valence-corrected chi connectivity index (χ4v) is 7.47. The molecule has 0 heterocycles. The van der Waals surface area contributed by atoms with Gasteiger partial charge in [-0.05, 0) is 57.8 Å². The van der Waals surface area contributed by atoms with E-state index in [1.807, 2.05) is 6.08 Å². The maximum Gasteiger partial charge on any atom is 0.305 e. The Morgan fingerprint density at radius 1 is 0.483 bits per heavy atom. The molecule has 2 unspecified atom stereocenters. The van der Waals surface area contributed by atoms with Crippen LogP contribution < -0.4 is 5.32 Å². The fourth-order valence-electron chi connectivity index (χ4n) is 7.47. The number of allylic oxidation sites excluding steroid dienone is 5. The number of carbonyl (C=O) groups excluding carboxylic acids is 2. The molecular formula is C52H97NO5. The van der Waals surface area contributed by atoms with Gasteiger partial charge in [0.15, 0.2) is 0 Å². The third kappa shape index (κ3) is 43.7. The average Bonchev–Trinajstić information content (AvgIpc) is 3.22. The van der Waals surface area contributed by atoms with Crippen LogP contribution in [0.25, 0.3) is 0 Å². The highest BCUT2D eigenvalue weighted by atomic mass is 16.5. The predicted molar refractivity (Wildman–Crippen MR) is 250 cm³/mol. The van der Waals surface area contributed by atoms with Crippen molar-refractivity contribution in [1.29, 1.82) is 0 Å². The number of amides is 1. The van der Waals surface area contributed by atoms with Crippen LogP contribution >= 0.6 is 0 Å². The number of nitrogens with one attached hydrogen (secondary N) is 1. The second-order valence-corrected chi connectivity index (χ2v) is 17.1. The second kappa shape index (κ2) is 47.8. The third-order valence-electron chi connectivity index (χ3n) is 11.4. The van der Waals surface area contributed by atoms with Crippen LogP contribution in [0.1, 0.15) is 258 Å². The van der Waals surface area contributed by atoms with Gasteiger partial charge in [0.25, 0.3) is 0 Å². The standard InChI is InChI=1S/C52H97NO5/c1-3-5-7-9-11-13-15-17-19-20-21-22-24-28-32-36-40-44-50(55)49(48-54)53-51(56)45-41-37-33-29-26-27-31-35-39-43-47-58-52(57)46-42-38-34-30-25-23-18-16-14-12-10-8-6-4-2/h10,12,16,18,40,44,49-50,54-55H,3-9,11,13-15,17,19-39,41-43,45-48H2,1-2H3,(H,53,56)/b12-10-,18-16-,44-40+. The summed E-state index contributed by atoms with van der Waals surface area (Å²) in [6.45, 7) is 4.80. The summed E-state index contributed by atoms with van der Waals surface area (Å²) in [5.41, 5.74) is 0. The normalized spacial score (nSPS) is 13.0. The number of hydrogen-bond acceptors (Lipinski definition) is 5. The van der Waals surface area contributed by atoms with E-state index in [4.69, 9.17) is 4.74 Å². The molecule has 0 spiro atoms. The van der Waals surface area contributed by atoms with Crippen LogP contribution in [0.4, 0.5) is 0 Å². The Morgan fingerprint density at radius 3 is 1.36 bits per heavy atom. The highest BCUT2D eigenvalue weighted by Crippen LogP contribution is 2.15. The molecule has 0 aliphatic heterocycles. The Balaban J connectivity index is 3.54. The number of carbonyl (C=O) groups is 2. The lowest BCUT2D eigenvalue weighted by Crippen LogP contribution is -2.45. The van der Waals surface area contributed by atoms with E-state index >= 15 is 0 Å². The van der Waals surface area contributed by atoms with E-state index in [-0.39, 0.29) is 18.5 Å². The van der Waals surface area contributed by atoms with E-state index in [9.17, 15) is 19.8 Å². The number of aliphatic hydroxyl groups is 2. The summed E-state index contributed by atoms with van der Waals surface area (Å²) in [6, 6.07) is -0.646. The zero-order valence-corrected chi connectivity index (χ0v) is 38.5. The molecule has 340 valence electrons. The highest BCUT2D eigenvalue weighted by molar-refractivity contribution is 5.76. The molecule has 58 heavy (non-hydrogen) atoms. The van der Waals surface area contributed by atoms with Gasteiger partial charge in [0, 0.05) is 12.8 Å². The molecule has 0 aliphatic rings. The second-order valence-electron chi connectivity index (χ2n) is 17.1. The Kier molecular flexibility index (Phi) is 46.2. The van der Waals surface area contributed by atoms with Crippen LogP contribution in [0.5, 0.6) is 0 Å². The minimum atomic E-state index is -0.860. The van der Waals surface area contributed by atoms with E-state index in [0.717, 1.165) is 70.6 Å². The molecule has 0 saturated heterocycles. The zero-order valence-electron chi connectivity index (χ0n) is 38.5. The SMILES string of the molecule is CCCC/C=C\C/C=C\CCCCCCCC(=O)OCCCCCCCCCCCCC(=O)NC(CO)C(O)/C=C/CCCCCCCCCCCCCCCCC. The number of hydrogen-bond donors (Lipinski definition) is 3. The van der Waals surface area contributed by atoms with Crippen LogP contribution in [0.2, 0.25) is 0 Å². The maximum absolute atomic E-state index is 12.4. The van der Waals surface area contributed by atoms with Gasteiger partial charge >= 0.3 is 5.97 Å². The molecule has 0 fully saturated rings. The van der Waals surface area contributed by atoms with Gasteiger partial charge < -0.3 is 20.3 Å². The molecule has 0 aromatic carbocycles. The smallest absolute Gasteiger partial charge is 0.305 e. The number of esters is 1. The van der Waals surface area contributed by atoms with E-state index in [2.05, 4.69) is 43.5 Å². The number of aliphatic hydroxyl groups excluding tert-OH is 2. The Labute approximate surface area is 360 Å². The van der Waals surface area contributed by atoms with Gasteiger partial charge in [-0.2, -0.15) is 0 Å². The molecule has 0 radical (unpaired) electrons. The summed E-state index contributed by atoms with van der Waals surface area (Å²) in [4.78, 5) is 24.4. The minimum Gasteiger partial charge on any atom is -0.466 e. The Morgan fingerprint density at radius 2 is 0.879 bits per heavy atom. The molecule has 0 rings (SSSR count). The molecule has 0 aromatic heterocycles. The molecule has 1 amide bonds. The van der Waals surface area contributed by atoms with Crippen molar-refractivity contribution in [3.63, 3.8) is 0 Å². The summed E-state index contributed by atoms with van der Waals surface area (Å²) >= 11 is 0. The molecular weight excluding hydrogens is 719 g/mol. The first-order valence-electron chi connectivity index (χ1n) is 25.3. The molecule has 6 nitrogen and oxygen atoms in total. The topological polar surface area (TPSA) is 95.9 Å². The fraction of sp³-hybridized carbons (Fsp3) is 0.846. The molecule has 0 saturated carbocycles. The molecule has 0 aromatic rings. The third-order valence-corrected chi connectivity index (χ3v) is 11.4. The number of unbranched alkanes of at least 4 members (excludes halogenated alkanes) is 31. The van der Waals surface area contributed by atoms with Gasteiger partial charge in [0.2, 0.25) is 5.91 Å². The number of rotatable bonds is 46. The van der Waals surface area contributed by atoms with Crippen molar-refractivity contribution in [2.75, 3.05) is 13.2 Å². The van der Waals surface area contributed by atoms with Crippen molar-refractivity contribution in [3.05, 3.63) is 36.5 Å². The monoisotopic (exact) mass is 816 g/mol. The summed E-state index contributed by atoms with van der Waals surface area (Å²) in [5.74, 6) is -0.128. The highest BCUT2D eigenvalue weighted by Gasteiger charge is 2.18. The van der Waals surface area contributed by atoms with Gasteiger partial charge in [0.05, 0.1) is 25.4 Å². The molecule has 2 atom stereocenters. The lowest BCUT2D eigenvalue weighted by Gasteiger charge is -2.20. The van der Waals surface area contributed by atoms with E-state index in [0.29, 0.717) is 19.4 Å². The molecule has 6 heteroatoms. The zero-order chi connectivity index (χ0) is 42.3. The van der Waals surface area contributed by atoms with Gasteiger partial charge in [0.1, 0.15) is 0 Å². The molecule has 0 aliphatic carbocycles. The van der Waals surface area contributed by atoms with E-state index in [1.165, 1.54) is 161 Å². The van der Waals surface area contributed by atoms with Gasteiger partial charge in [-0.15, -0.1) is 0 Å². The van der Waals surface area contributed by atoms with Gasteiger partial charge in [-0.3, -0.25) is 9.59 Å². The predicted octanol–water partition coefficient (Wildman–Crippen LogP) is 14.9. The summed E-state index contributed by atoms with van der Waals surface area (Å²) in [5, 5.41) is 23.1. The molecule has 3 N–H and O–H groups in total. The van der Waals surface area contributed by atoms with Crippen molar-refractivity contribution in [2.45, 2.75) is 270 Å². The summed E-state index contributed by atoms with van der Waals surface area (Å²) in [7, 11) is 0. The molecule has 0 bridgehead atoms. The summed E-state index contributed by atoms with van der Waals surface area (Å²) in [6.07, 6.45) is 57.0. The van der Waals surface area contributed by atoms with Crippen LogP contribution in [0, 0.1) is 0 Å². The first kappa shape index (κ1) is 56.1. The first-order valence-corrected chi connectivity index (χ1v) is 25.3. The first-order chi connectivity index (χ1) is 28.5. The Bertz CT molecular complexity index is 946. The van der Waals surface area contributed by atoms with Gasteiger partial charge in [-0.1, -0.05) is 224 Å². The van der Waals surface area contributed by atoms with Crippen LogP contribution in [0.15, 0.2) is 36.5 Å². The van der Waals surface area contributed by atoms with E-state index in [1.54, 1.807) is 6.08 Å². The van der Waals surface area contributed by atoms with Crippen molar-refractivity contribution in [2.24, 2.45) is 0 Å². The summed E-state index contributed by atoms with van der Waals surface area (Å²) < 4.78 is 5.44. The van der Waals surface area contributed by atoms with Crippen molar-refractivity contribution in [3.8, 4) is 0 Å². The maximum atomic E-state index is 12.4. The Hall–Kier alpha value is -1.92. The van der Waals surface area contributed by atoms with E-state index < -0.39 is 12.1 Å². The minimum absolute atomic E-state index is 0.0359.